The first-order valence-corrected chi connectivity index (χ1v) is 12.8. The number of carbonyl (C=O) groups is 1. The Morgan fingerprint density at radius 3 is 2.20 bits per heavy atom. The Bertz CT molecular complexity index is 995. The molecule has 5 nitrogen and oxygen atoms in total. The highest BCUT2D eigenvalue weighted by Gasteiger charge is 2.39. The fourth-order valence-corrected chi connectivity index (χ4v) is 4.24. The third kappa shape index (κ3) is 6.65. The lowest BCUT2D eigenvalue weighted by Gasteiger charge is -2.27. The second kappa shape index (κ2) is 11.1. The zero-order chi connectivity index (χ0) is 25.8. The number of fused-ring (bicyclic) bond motifs is 1. The smallest absolute Gasteiger partial charge is 0.323 e. The first kappa shape index (κ1) is 27.2. The van der Waals surface area contributed by atoms with Gasteiger partial charge in [0.1, 0.15) is 24.0 Å². The largest absolute Gasteiger partial charge is 0.491 e. The van der Waals surface area contributed by atoms with E-state index in [-0.39, 0.29) is 22.9 Å². The Labute approximate surface area is 211 Å². The lowest BCUT2D eigenvalue weighted by molar-refractivity contribution is -0.133. The minimum Gasteiger partial charge on any atom is -0.491 e. The van der Waals surface area contributed by atoms with E-state index in [1.54, 1.807) is 0 Å². The van der Waals surface area contributed by atoms with Crippen molar-refractivity contribution in [2.75, 3.05) is 26.4 Å². The molecule has 1 aliphatic rings. The minimum atomic E-state index is -0.435. The van der Waals surface area contributed by atoms with Crippen molar-refractivity contribution in [1.82, 2.24) is 0 Å². The monoisotopic (exact) mass is 482 g/mol. The van der Waals surface area contributed by atoms with Crippen molar-refractivity contribution in [3.8, 4) is 11.5 Å². The molecule has 0 bridgehead atoms. The van der Waals surface area contributed by atoms with E-state index in [4.69, 9.17) is 18.9 Å². The molecule has 0 saturated carbocycles. The number of hydrogen-bond donors (Lipinski definition) is 0. The van der Waals surface area contributed by atoms with Gasteiger partial charge in [0.05, 0.1) is 19.3 Å². The number of ether oxygens (including phenoxy) is 4. The molecule has 0 saturated heterocycles. The van der Waals surface area contributed by atoms with Gasteiger partial charge in [-0.05, 0) is 47.4 Å². The fourth-order valence-electron chi connectivity index (χ4n) is 4.24. The third-order valence-corrected chi connectivity index (χ3v) is 6.42. The van der Waals surface area contributed by atoms with Gasteiger partial charge in [0.25, 0.3) is 0 Å². The third-order valence-electron chi connectivity index (χ3n) is 6.42. The molecule has 1 heterocycles. The predicted molar refractivity (Wildman–Crippen MR) is 140 cm³/mol. The normalized spacial score (nSPS) is 16.7. The van der Waals surface area contributed by atoms with Crippen LogP contribution in [0.1, 0.15) is 90.0 Å². The average molecular weight is 483 g/mol. The highest BCUT2D eigenvalue weighted by atomic mass is 16.6. The molecule has 0 N–H and O–H groups in total. The molecule has 192 valence electrons. The van der Waals surface area contributed by atoms with Crippen LogP contribution in [0, 0.1) is 0 Å². The van der Waals surface area contributed by atoms with Crippen LogP contribution in [0.5, 0.6) is 11.5 Å². The van der Waals surface area contributed by atoms with E-state index in [0.717, 1.165) is 34.6 Å². The van der Waals surface area contributed by atoms with Crippen LogP contribution in [0.15, 0.2) is 36.4 Å². The summed E-state index contributed by atoms with van der Waals surface area (Å²) in [4.78, 5) is 13.1. The molecular weight excluding hydrogens is 440 g/mol. The van der Waals surface area contributed by atoms with Crippen LogP contribution in [-0.2, 0) is 25.1 Å². The van der Waals surface area contributed by atoms with Crippen molar-refractivity contribution in [2.24, 2.45) is 0 Å². The molecule has 0 aliphatic carbocycles. The van der Waals surface area contributed by atoms with Crippen molar-refractivity contribution >= 4 is 5.97 Å². The van der Waals surface area contributed by atoms with Gasteiger partial charge >= 0.3 is 5.97 Å². The summed E-state index contributed by atoms with van der Waals surface area (Å²) in [5.74, 6) is 0.810. The van der Waals surface area contributed by atoms with Crippen molar-refractivity contribution in [1.29, 1.82) is 0 Å². The second-order valence-corrected chi connectivity index (χ2v) is 11.3. The molecular formula is C30H42O5. The topological polar surface area (TPSA) is 54.0 Å². The molecule has 1 aliphatic heterocycles. The van der Waals surface area contributed by atoms with Crippen LogP contribution in [-0.4, -0.2) is 38.5 Å². The Morgan fingerprint density at radius 1 is 0.943 bits per heavy atom. The summed E-state index contributed by atoms with van der Waals surface area (Å²) in [5, 5.41) is 0. The Hall–Kier alpha value is -2.37. The standard InChI is InChI=1S/C30H42O5/c1-9-22(19-32-10-2)33-15-16-34-23-13-11-20(12-14-23)26-24-17-21(29(3,4)5)18-25(30(6,7)8)27(24)35-28(26)31/h11-14,17-18,22,26H,9-10,15-16,19H2,1-8H3. The first-order chi connectivity index (χ1) is 16.5. The van der Waals surface area contributed by atoms with E-state index in [9.17, 15) is 4.79 Å². The maximum absolute atomic E-state index is 13.1. The molecule has 0 amide bonds. The van der Waals surface area contributed by atoms with Crippen LogP contribution in [0.2, 0.25) is 0 Å². The van der Waals surface area contributed by atoms with Crippen molar-refractivity contribution in [3.05, 3.63) is 58.7 Å². The number of rotatable bonds is 10. The Kier molecular flexibility index (Phi) is 8.66. The van der Waals surface area contributed by atoms with Crippen LogP contribution < -0.4 is 9.47 Å². The summed E-state index contributed by atoms with van der Waals surface area (Å²) >= 11 is 0. The maximum Gasteiger partial charge on any atom is 0.323 e. The molecule has 2 aromatic rings. The van der Waals surface area contributed by atoms with E-state index < -0.39 is 5.92 Å². The molecule has 2 aromatic carbocycles. The SMILES string of the molecule is CCOCC(CC)OCCOc1ccc(C2C(=O)Oc3c2cc(C(C)(C)C)cc3C(C)(C)C)cc1. The van der Waals surface area contributed by atoms with Crippen LogP contribution >= 0.6 is 0 Å². The lowest BCUT2D eigenvalue weighted by atomic mass is 9.77. The van der Waals surface area contributed by atoms with Gasteiger partial charge in [0, 0.05) is 17.7 Å². The van der Waals surface area contributed by atoms with E-state index in [0.29, 0.717) is 26.4 Å². The van der Waals surface area contributed by atoms with Gasteiger partial charge in [-0.1, -0.05) is 72.7 Å². The van der Waals surface area contributed by atoms with Crippen molar-refractivity contribution in [3.63, 3.8) is 0 Å². The summed E-state index contributed by atoms with van der Waals surface area (Å²) in [7, 11) is 0. The maximum atomic E-state index is 13.1. The number of carbonyl (C=O) groups excluding carboxylic acids is 1. The highest BCUT2D eigenvalue weighted by Crippen LogP contribution is 2.47. The van der Waals surface area contributed by atoms with Gasteiger partial charge < -0.3 is 18.9 Å². The summed E-state index contributed by atoms with van der Waals surface area (Å²) in [5.41, 5.74) is 3.97. The van der Waals surface area contributed by atoms with Gasteiger partial charge in [0.2, 0.25) is 0 Å². The Morgan fingerprint density at radius 2 is 1.63 bits per heavy atom. The number of hydrogen-bond acceptors (Lipinski definition) is 5. The van der Waals surface area contributed by atoms with Gasteiger partial charge in [-0.2, -0.15) is 0 Å². The van der Waals surface area contributed by atoms with E-state index in [2.05, 4.69) is 60.6 Å². The zero-order valence-corrected chi connectivity index (χ0v) is 22.7. The summed E-state index contributed by atoms with van der Waals surface area (Å²) < 4.78 is 23.0. The zero-order valence-electron chi connectivity index (χ0n) is 22.7. The van der Waals surface area contributed by atoms with Crippen LogP contribution in [0.4, 0.5) is 0 Å². The second-order valence-electron chi connectivity index (χ2n) is 11.3. The quantitative estimate of drug-likeness (QED) is 0.219. The van der Waals surface area contributed by atoms with Gasteiger partial charge in [-0.15, -0.1) is 0 Å². The molecule has 2 atom stereocenters. The van der Waals surface area contributed by atoms with Gasteiger partial charge in [0.15, 0.2) is 0 Å². The summed E-state index contributed by atoms with van der Waals surface area (Å²) in [6.45, 7) is 19.4. The van der Waals surface area contributed by atoms with Gasteiger partial charge in [-0.3, -0.25) is 4.79 Å². The van der Waals surface area contributed by atoms with E-state index >= 15 is 0 Å². The van der Waals surface area contributed by atoms with Crippen molar-refractivity contribution < 1.29 is 23.7 Å². The number of esters is 1. The summed E-state index contributed by atoms with van der Waals surface area (Å²) in [6.07, 6.45) is 0.993. The van der Waals surface area contributed by atoms with E-state index in [1.807, 2.05) is 31.2 Å². The molecule has 5 heteroatoms. The van der Waals surface area contributed by atoms with Crippen LogP contribution in [0.25, 0.3) is 0 Å². The average Bonchev–Trinajstić information content (AvgIpc) is 3.12. The van der Waals surface area contributed by atoms with Crippen LogP contribution in [0.3, 0.4) is 0 Å². The summed E-state index contributed by atoms with van der Waals surface area (Å²) in [6, 6.07) is 12.1. The predicted octanol–water partition coefficient (Wildman–Crippen LogP) is 6.54. The molecule has 0 fully saturated rings. The molecule has 2 unspecified atom stereocenters. The fraction of sp³-hybridized carbons (Fsp3) is 0.567. The van der Waals surface area contributed by atoms with Gasteiger partial charge in [-0.25, -0.2) is 0 Å². The first-order valence-electron chi connectivity index (χ1n) is 12.8. The molecule has 35 heavy (non-hydrogen) atoms. The van der Waals surface area contributed by atoms with E-state index in [1.165, 1.54) is 5.56 Å². The van der Waals surface area contributed by atoms with Crippen molar-refractivity contribution in [2.45, 2.75) is 84.7 Å². The molecule has 3 rings (SSSR count). The Balaban J connectivity index is 1.76. The molecule has 0 radical (unpaired) electrons. The highest BCUT2D eigenvalue weighted by molar-refractivity contribution is 5.90. The number of benzene rings is 2. The minimum absolute atomic E-state index is 0.0373. The lowest BCUT2D eigenvalue weighted by Crippen LogP contribution is -2.22. The molecule has 0 aromatic heterocycles. The molecule has 0 spiro atoms.